The fraction of sp³-hybridized carbons (Fsp3) is 0.621. The van der Waals surface area contributed by atoms with Crippen LogP contribution in [-0.2, 0) is 23.9 Å². The first kappa shape index (κ1) is 28.3. The zero-order chi connectivity index (χ0) is 29.5. The molecule has 10 atom stereocenters. The number of alkyl halides is 2. The number of hydrogen-bond donors (Lipinski definition) is 1. The monoisotopic (exact) mass is 591 g/mol. The molecule has 1 saturated heterocycles. The number of hydrogen-bond acceptors (Lipinski definition) is 10. The smallest absolute Gasteiger partial charge is 0.378 e. The number of nitrogens with zero attached hydrogens (tertiary/aromatic N) is 1. The zero-order valence-electron chi connectivity index (χ0n) is 22.8. The van der Waals surface area contributed by atoms with Crippen molar-refractivity contribution in [3.8, 4) is 0 Å². The van der Waals surface area contributed by atoms with Gasteiger partial charge in [0, 0.05) is 35.2 Å². The summed E-state index contributed by atoms with van der Waals surface area (Å²) in [6.45, 7) is 5.02. The summed E-state index contributed by atoms with van der Waals surface area (Å²) >= 11 is 0.712. The van der Waals surface area contributed by atoms with Crippen molar-refractivity contribution in [3.05, 3.63) is 41.8 Å². The van der Waals surface area contributed by atoms with Crippen molar-refractivity contribution in [2.24, 2.45) is 28.6 Å². The lowest BCUT2D eigenvalue weighted by Crippen LogP contribution is -2.70. The van der Waals surface area contributed by atoms with Crippen LogP contribution in [0.4, 0.5) is 8.78 Å². The summed E-state index contributed by atoms with van der Waals surface area (Å²) in [6.07, 6.45) is 1.42. The number of aliphatic hydroxyl groups is 1. The van der Waals surface area contributed by atoms with Gasteiger partial charge in [0.25, 0.3) is 0 Å². The van der Waals surface area contributed by atoms with E-state index in [2.05, 4.69) is 5.16 Å². The van der Waals surface area contributed by atoms with E-state index in [1.165, 1.54) is 31.3 Å². The van der Waals surface area contributed by atoms with E-state index in [1.807, 2.05) is 0 Å². The fourth-order valence-corrected chi connectivity index (χ4v) is 9.82. The Kier molecular flexibility index (Phi) is 6.43. The molecule has 4 fully saturated rings. The van der Waals surface area contributed by atoms with Crippen LogP contribution in [0.2, 0.25) is 0 Å². The maximum absolute atomic E-state index is 17.6. The number of rotatable bonds is 4. The minimum absolute atomic E-state index is 0.00756. The van der Waals surface area contributed by atoms with Gasteiger partial charge in [0.2, 0.25) is 10.9 Å². The van der Waals surface area contributed by atoms with Crippen molar-refractivity contribution in [2.45, 2.75) is 75.2 Å². The van der Waals surface area contributed by atoms with E-state index >= 15 is 8.78 Å². The van der Waals surface area contributed by atoms with Gasteiger partial charge in [-0.25, -0.2) is 13.6 Å². The quantitative estimate of drug-likeness (QED) is 0.517. The van der Waals surface area contributed by atoms with Crippen molar-refractivity contribution < 1.29 is 47.1 Å². The number of halogens is 2. The predicted molar refractivity (Wildman–Crippen MR) is 140 cm³/mol. The van der Waals surface area contributed by atoms with Gasteiger partial charge in [-0.2, -0.15) is 0 Å². The van der Waals surface area contributed by atoms with Gasteiger partial charge in [0.1, 0.15) is 11.4 Å². The Bertz CT molecular complexity index is 1380. The molecular formula is C29H31F2NO8S. The van der Waals surface area contributed by atoms with E-state index in [9.17, 15) is 24.3 Å². The maximum Gasteiger partial charge on any atom is 0.378 e. The number of allylic oxidation sites excluding steroid dienone is 4. The first-order chi connectivity index (χ1) is 19.3. The van der Waals surface area contributed by atoms with Crippen LogP contribution in [0.1, 0.15) is 57.0 Å². The third kappa shape index (κ3) is 3.65. The Morgan fingerprint density at radius 2 is 1.98 bits per heavy atom. The van der Waals surface area contributed by atoms with Crippen LogP contribution >= 0.6 is 11.8 Å². The Morgan fingerprint density at radius 1 is 1.22 bits per heavy atom. The Labute approximate surface area is 239 Å². The average molecular weight is 592 g/mol. The molecule has 2 heterocycles. The lowest BCUT2D eigenvalue weighted by molar-refractivity contribution is -0.221. The van der Waals surface area contributed by atoms with Gasteiger partial charge in [0.15, 0.2) is 17.1 Å². The number of carbonyl (C=O) groups excluding carboxylic acids is 4. The Hall–Kier alpha value is -2.86. The Balaban J connectivity index is 1.46. The van der Waals surface area contributed by atoms with Crippen molar-refractivity contribution in [3.63, 3.8) is 0 Å². The SMILES string of the molecule is C[C@@H]1C[C@H]2[C@@H]3C[C@H](F)C4=CC(=O)C=C[C@]4(C)[C@@]3(F)[C@@H](O)C[C@]2(C)[C@@]1(OC(=O)c1ccno1)C(=O)S[C@H]1CCOC1=O. The molecule has 4 aliphatic carbocycles. The normalized spacial score (nSPS) is 44.9. The summed E-state index contributed by atoms with van der Waals surface area (Å²) in [5.74, 6) is -4.69. The zero-order valence-corrected chi connectivity index (χ0v) is 23.6. The lowest BCUT2D eigenvalue weighted by Gasteiger charge is -2.63. The molecule has 9 nitrogen and oxygen atoms in total. The number of esters is 2. The number of fused-ring (bicyclic) bond motifs is 5. The lowest BCUT2D eigenvalue weighted by atomic mass is 9.44. The van der Waals surface area contributed by atoms with Crippen LogP contribution in [-0.4, -0.2) is 68.5 Å². The summed E-state index contributed by atoms with van der Waals surface area (Å²) in [5.41, 5.74) is -7.23. The first-order valence-electron chi connectivity index (χ1n) is 13.8. The number of aliphatic hydroxyl groups excluding tert-OH is 1. The maximum atomic E-state index is 17.6. The van der Waals surface area contributed by atoms with E-state index < -0.39 is 80.2 Å². The van der Waals surface area contributed by atoms with Crippen LogP contribution in [0.25, 0.3) is 0 Å². The van der Waals surface area contributed by atoms with Crippen LogP contribution in [0, 0.1) is 28.6 Å². The standard InChI is InChI=1S/C29H31F2NO8S/c1-14-10-16-17-12-19(30)18-11-15(33)4-7-26(18,2)28(17,31)22(34)13-27(16,3)29(14,39-23(35)20-5-8-32-40-20)25(37)41-21-6-9-38-24(21)36/h4-5,7-8,11,14,16-17,19,21-22,34H,6,9-10,12-13H2,1-3H3/t14-,16+,17+,19+,21+,22+,26+,27+,28+,29+/m1/s1. The molecule has 12 heteroatoms. The molecule has 0 radical (unpaired) electrons. The van der Waals surface area contributed by atoms with Gasteiger partial charge in [-0.15, -0.1) is 0 Å². The molecule has 6 rings (SSSR count). The molecule has 1 aliphatic heterocycles. The molecular weight excluding hydrogens is 560 g/mol. The number of ketones is 1. The second kappa shape index (κ2) is 9.32. The number of ether oxygens (including phenoxy) is 2. The number of carbonyl (C=O) groups is 4. The van der Waals surface area contributed by atoms with Crippen molar-refractivity contribution in [1.82, 2.24) is 5.16 Å². The molecule has 0 amide bonds. The number of thioether (sulfide) groups is 1. The summed E-state index contributed by atoms with van der Waals surface area (Å²) in [4.78, 5) is 52.0. The highest BCUT2D eigenvalue weighted by Crippen LogP contribution is 2.72. The third-order valence-electron chi connectivity index (χ3n) is 10.5. The van der Waals surface area contributed by atoms with Crippen molar-refractivity contribution in [1.29, 1.82) is 0 Å². The minimum Gasteiger partial charge on any atom is -0.465 e. The molecule has 0 unspecified atom stereocenters. The molecule has 0 aromatic carbocycles. The fourth-order valence-electron chi connectivity index (χ4n) is 8.54. The van der Waals surface area contributed by atoms with Crippen LogP contribution in [0.5, 0.6) is 0 Å². The molecule has 1 aromatic rings. The highest BCUT2D eigenvalue weighted by Gasteiger charge is 2.78. The number of aromatic nitrogens is 1. The van der Waals surface area contributed by atoms with E-state index in [0.717, 1.165) is 6.08 Å². The summed E-state index contributed by atoms with van der Waals surface area (Å²) < 4.78 is 49.5. The Morgan fingerprint density at radius 3 is 2.63 bits per heavy atom. The van der Waals surface area contributed by atoms with E-state index in [1.54, 1.807) is 13.8 Å². The van der Waals surface area contributed by atoms with Gasteiger partial charge < -0.3 is 19.1 Å². The van der Waals surface area contributed by atoms with Crippen LogP contribution in [0.15, 0.2) is 40.6 Å². The summed E-state index contributed by atoms with van der Waals surface area (Å²) in [7, 11) is 0. The van der Waals surface area contributed by atoms with Crippen molar-refractivity contribution in [2.75, 3.05) is 6.61 Å². The van der Waals surface area contributed by atoms with Crippen LogP contribution < -0.4 is 0 Å². The second-order valence-electron chi connectivity index (χ2n) is 12.3. The molecule has 0 spiro atoms. The predicted octanol–water partition coefficient (Wildman–Crippen LogP) is 3.71. The first-order valence-corrected chi connectivity index (χ1v) is 14.7. The largest absolute Gasteiger partial charge is 0.465 e. The van der Waals surface area contributed by atoms with Gasteiger partial charge in [-0.3, -0.25) is 14.4 Å². The topological polar surface area (TPSA) is 133 Å². The second-order valence-corrected chi connectivity index (χ2v) is 13.5. The number of cyclic esters (lactones) is 1. The summed E-state index contributed by atoms with van der Waals surface area (Å²) in [5, 5.41) is 13.8. The molecule has 41 heavy (non-hydrogen) atoms. The van der Waals surface area contributed by atoms with E-state index in [-0.39, 0.29) is 43.6 Å². The van der Waals surface area contributed by atoms with E-state index in [0.29, 0.717) is 11.8 Å². The highest BCUT2D eigenvalue weighted by molar-refractivity contribution is 8.14. The molecule has 3 saturated carbocycles. The minimum atomic E-state index is -2.36. The molecule has 1 N–H and O–H groups in total. The third-order valence-corrected chi connectivity index (χ3v) is 11.7. The van der Waals surface area contributed by atoms with Gasteiger partial charge in [-0.1, -0.05) is 36.8 Å². The summed E-state index contributed by atoms with van der Waals surface area (Å²) in [6, 6.07) is 1.28. The van der Waals surface area contributed by atoms with Gasteiger partial charge in [0.05, 0.1) is 18.9 Å². The molecule has 0 bridgehead atoms. The van der Waals surface area contributed by atoms with E-state index in [4.69, 9.17) is 14.0 Å². The van der Waals surface area contributed by atoms with Crippen molar-refractivity contribution >= 4 is 34.6 Å². The molecule has 5 aliphatic rings. The molecule has 220 valence electrons. The molecule has 1 aromatic heterocycles. The van der Waals surface area contributed by atoms with Gasteiger partial charge in [-0.05, 0) is 49.8 Å². The average Bonchev–Trinajstić information content (AvgIpc) is 3.64. The highest BCUT2D eigenvalue weighted by atomic mass is 32.2. The van der Waals surface area contributed by atoms with Gasteiger partial charge >= 0.3 is 11.9 Å². The van der Waals surface area contributed by atoms with Crippen LogP contribution in [0.3, 0.4) is 0 Å².